The Balaban J connectivity index is 2.22. The Morgan fingerprint density at radius 1 is 1.37 bits per heavy atom. The molecule has 2 N–H and O–H groups in total. The van der Waals surface area contributed by atoms with Gasteiger partial charge >= 0.3 is 6.18 Å². The van der Waals surface area contributed by atoms with Crippen molar-refractivity contribution in [2.45, 2.75) is 19.0 Å². The molecule has 0 radical (unpaired) electrons. The van der Waals surface area contributed by atoms with Crippen LogP contribution in [-0.2, 0) is 0 Å². The summed E-state index contributed by atoms with van der Waals surface area (Å²) in [5, 5.41) is 0. The van der Waals surface area contributed by atoms with Crippen LogP contribution >= 0.6 is 0 Å². The van der Waals surface area contributed by atoms with Gasteiger partial charge in [0.25, 0.3) is 0 Å². The minimum absolute atomic E-state index is 0.0240. The van der Waals surface area contributed by atoms with Gasteiger partial charge in [0.1, 0.15) is 5.75 Å². The highest BCUT2D eigenvalue weighted by Gasteiger charge is 2.42. The van der Waals surface area contributed by atoms with E-state index in [9.17, 15) is 13.2 Å². The maximum atomic E-state index is 12.8. The second-order valence-electron chi connectivity index (χ2n) is 4.76. The molecule has 1 heterocycles. The van der Waals surface area contributed by atoms with Crippen LogP contribution in [0.15, 0.2) is 18.2 Å². The first kappa shape index (κ1) is 13.8. The van der Waals surface area contributed by atoms with Crippen molar-refractivity contribution in [3.8, 4) is 5.75 Å². The minimum atomic E-state index is -4.14. The van der Waals surface area contributed by atoms with Crippen molar-refractivity contribution in [1.29, 1.82) is 0 Å². The predicted octanol–water partition coefficient (Wildman–Crippen LogP) is 3.06. The number of benzene rings is 1. The lowest BCUT2D eigenvalue weighted by atomic mass is 9.97. The Hall–Kier alpha value is -1.59. The van der Waals surface area contributed by atoms with Crippen LogP contribution in [0.1, 0.15) is 12.8 Å². The summed E-state index contributed by atoms with van der Waals surface area (Å²) in [7, 11) is 1.49. The Morgan fingerprint density at radius 2 is 2.11 bits per heavy atom. The summed E-state index contributed by atoms with van der Waals surface area (Å²) in [6.07, 6.45) is -3.42. The van der Waals surface area contributed by atoms with Crippen LogP contribution in [0.2, 0.25) is 0 Å². The third kappa shape index (κ3) is 3.05. The van der Waals surface area contributed by atoms with Crippen molar-refractivity contribution in [3.05, 3.63) is 18.2 Å². The molecular weight excluding hydrogens is 257 g/mol. The zero-order chi connectivity index (χ0) is 14.0. The van der Waals surface area contributed by atoms with E-state index in [4.69, 9.17) is 10.5 Å². The largest absolute Gasteiger partial charge is 0.495 e. The standard InChI is InChI=1S/C13H17F3N2O/c1-19-12-7-10(17)4-5-11(12)18-6-2-3-9(8-18)13(14,15)16/h4-5,7,9H,2-3,6,8,17H2,1H3. The number of piperidine rings is 1. The summed E-state index contributed by atoms with van der Waals surface area (Å²) in [4.78, 5) is 1.72. The van der Waals surface area contributed by atoms with Gasteiger partial charge in [-0.15, -0.1) is 0 Å². The van der Waals surface area contributed by atoms with Crippen LogP contribution in [0, 0.1) is 5.92 Å². The number of ether oxygens (including phenoxy) is 1. The van der Waals surface area contributed by atoms with E-state index in [1.807, 2.05) is 0 Å². The molecule has 0 spiro atoms. The number of alkyl halides is 3. The summed E-state index contributed by atoms with van der Waals surface area (Å²) in [5.41, 5.74) is 6.85. The number of hydrogen-bond acceptors (Lipinski definition) is 3. The van der Waals surface area contributed by atoms with Gasteiger partial charge in [-0.25, -0.2) is 0 Å². The molecule has 3 nitrogen and oxygen atoms in total. The van der Waals surface area contributed by atoms with Crippen molar-refractivity contribution in [1.82, 2.24) is 0 Å². The fraction of sp³-hybridized carbons (Fsp3) is 0.538. The lowest BCUT2D eigenvalue weighted by molar-refractivity contribution is -0.176. The normalized spacial score (nSPS) is 20.4. The van der Waals surface area contributed by atoms with Gasteiger partial charge in [-0.3, -0.25) is 0 Å². The van der Waals surface area contributed by atoms with Crippen LogP contribution in [0.5, 0.6) is 5.75 Å². The molecule has 0 bridgehead atoms. The summed E-state index contributed by atoms with van der Waals surface area (Å²) in [5.74, 6) is -0.758. The molecule has 1 atom stereocenters. The molecule has 0 aromatic heterocycles. The van der Waals surface area contributed by atoms with E-state index in [0.717, 1.165) is 0 Å². The first-order valence-electron chi connectivity index (χ1n) is 6.17. The second-order valence-corrected chi connectivity index (χ2v) is 4.76. The summed E-state index contributed by atoms with van der Waals surface area (Å²) < 4.78 is 43.6. The van der Waals surface area contributed by atoms with Gasteiger partial charge in [0, 0.05) is 24.8 Å². The topological polar surface area (TPSA) is 38.5 Å². The van der Waals surface area contributed by atoms with Crippen molar-refractivity contribution >= 4 is 11.4 Å². The number of anilines is 2. The molecule has 0 aliphatic carbocycles. The highest BCUT2D eigenvalue weighted by molar-refractivity contribution is 5.64. The van der Waals surface area contributed by atoms with Crippen LogP contribution in [-0.4, -0.2) is 26.4 Å². The van der Waals surface area contributed by atoms with Gasteiger partial charge in [0.05, 0.1) is 18.7 Å². The van der Waals surface area contributed by atoms with Gasteiger partial charge < -0.3 is 15.4 Å². The Bertz CT molecular complexity index is 448. The predicted molar refractivity (Wildman–Crippen MR) is 68.4 cm³/mol. The molecular formula is C13H17F3N2O. The Kier molecular flexibility index (Phi) is 3.78. The summed E-state index contributed by atoms with van der Waals surface area (Å²) in [6, 6.07) is 5.02. The summed E-state index contributed by atoms with van der Waals surface area (Å²) in [6.45, 7) is 0.580. The fourth-order valence-electron chi connectivity index (χ4n) is 2.42. The molecule has 1 aromatic carbocycles. The van der Waals surface area contributed by atoms with E-state index in [2.05, 4.69) is 0 Å². The zero-order valence-electron chi connectivity index (χ0n) is 10.7. The van der Waals surface area contributed by atoms with Crippen molar-refractivity contribution in [3.63, 3.8) is 0 Å². The Labute approximate surface area is 110 Å². The number of hydrogen-bond donors (Lipinski definition) is 1. The molecule has 1 aliphatic rings. The average Bonchev–Trinajstić information content (AvgIpc) is 2.37. The third-order valence-corrected chi connectivity index (χ3v) is 3.43. The molecule has 0 saturated carbocycles. The molecule has 1 aromatic rings. The Morgan fingerprint density at radius 3 is 2.74 bits per heavy atom. The minimum Gasteiger partial charge on any atom is -0.495 e. The highest BCUT2D eigenvalue weighted by Crippen LogP contribution is 2.38. The first-order chi connectivity index (χ1) is 8.91. The van der Waals surface area contributed by atoms with Gasteiger partial charge in [0.2, 0.25) is 0 Å². The van der Waals surface area contributed by atoms with Crippen molar-refractivity contribution < 1.29 is 17.9 Å². The molecule has 1 unspecified atom stereocenters. The molecule has 1 aliphatic heterocycles. The van der Waals surface area contributed by atoms with E-state index < -0.39 is 12.1 Å². The number of halogens is 3. The number of nitrogen functional groups attached to an aromatic ring is 1. The molecule has 2 rings (SSSR count). The lowest BCUT2D eigenvalue weighted by Gasteiger charge is -2.35. The average molecular weight is 274 g/mol. The third-order valence-electron chi connectivity index (χ3n) is 3.43. The lowest BCUT2D eigenvalue weighted by Crippen LogP contribution is -2.41. The van der Waals surface area contributed by atoms with Crippen LogP contribution < -0.4 is 15.4 Å². The fourth-order valence-corrected chi connectivity index (χ4v) is 2.42. The highest BCUT2D eigenvalue weighted by atomic mass is 19.4. The number of nitrogens with two attached hydrogens (primary N) is 1. The van der Waals surface area contributed by atoms with Gasteiger partial charge in [-0.05, 0) is 25.0 Å². The maximum absolute atomic E-state index is 12.8. The molecule has 1 saturated heterocycles. The van der Waals surface area contributed by atoms with Gasteiger partial charge in [-0.2, -0.15) is 13.2 Å². The second kappa shape index (κ2) is 5.19. The molecule has 6 heteroatoms. The smallest absolute Gasteiger partial charge is 0.393 e. The molecule has 0 amide bonds. The van der Waals surface area contributed by atoms with Crippen molar-refractivity contribution in [2.75, 3.05) is 30.8 Å². The molecule has 19 heavy (non-hydrogen) atoms. The SMILES string of the molecule is COc1cc(N)ccc1N1CCCC(C(F)(F)F)C1. The van der Waals surface area contributed by atoms with E-state index in [-0.39, 0.29) is 13.0 Å². The monoisotopic (exact) mass is 274 g/mol. The van der Waals surface area contributed by atoms with Crippen LogP contribution in [0.4, 0.5) is 24.5 Å². The van der Waals surface area contributed by atoms with Gasteiger partial charge in [-0.1, -0.05) is 0 Å². The number of rotatable bonds is 2. The van der Waals surface area contributed by atoms with Crippen LogP contribution in [0.25, 0.3) is 0 Å². The zero-order valence-corrected chi connectivity index (χ0v) is 10.7. The van der Waals surface area contributed by atoms with E-state index >= 15 is 0 Å². The number of methoxy groups -OCH3 is 1. The summed E-state index contributed by atoms with van der Waals surface area (Å²) >= 11 is 0. The number of nitrogens with zero attached hydrogens (tertiary/aromatic N) is 1. The van der Waals surface area contributed by atoms with Gasteiger partial charge in [0.15, 0.2) is 0 Å². The van der Waals surface area contributed by atoms with E-state index in [1.165, 1.54) is 7.11 Å². The molecule has 1 fully saturated rings. The maximum Gasteiger partial charge on any atom is 0.393 e. The van der Waals surface area contributed by atoms with Crippen molar-refractivity contribution in [2.24, 2.45) is 5.92 Å². The quantitative estimate of drug-likeness (QED) is 0.842. The van der Waals surface area contributed by atoms with Crippen LogP contribution in [0.3, 0.4) is 0 Å². The van der Waals surface area contributed by atoms with E-state index in [0.29, 0.717) is 30.1 Å². The van der Waals surface area contributed by atoms with E-state index in [1.54, 1.807) is 23.1 Å². The molecule has 106 valence electrons. The first-order valence-corrected chi connectivity index (χ1v) is 6.17.